The van der Waals surface area contributed by atoms with Gasteiger partial charge in [0.15, 0.2) is 0 Å². The van der Waals surface area contributed by atoms with Crippen molar-refractivity contribution < 1.29 is 15.0 Å². The number of nitrogens with one attached hydrogen (secondary N) is 1. The summed E-state index contributed by atoms with van der Waals surface area (Å²) in [6.45, 7) is 2.40. The maximum atomic E-state index is 12.6. The van der Waals surface area contributed by atoms with E-state index in [0.717, 1.165) is 13.0 Å². The zero-order valence-corrected chi connectivity index (χ0v) is 15.2. The number of carbonyl (C=O) groups is 1. The van der Waals surface area contributed by atoms with Crippen LogP contribution in [0.5, 0.6) is 5.75 Å². The van der Waals surface area contributed by atoms with Crippen LogP contribution in [-0.2, 0) is 4.79 Å². The first-order chi connectivity index (χ1) is 11.9. The van der Waals surface area contributed by atoms with Crippen LogP contribution in [0.15, 0.2) is 12.1 Å². The molecule has 3 saturated heterocycles. The van der Waals surface area contributed by atoms with E-state index in [-0.39, 0.29) is 29.7 Å². The minimum Gasteiger partial charge on any atom is -0.508 e. The highest BCUT2D eigenvalue weighted by Gasteiger charge is 2.44. The average molecular weight is 386 g/mol. The topological polar surface area (TPSA) is 76.0 Å². The van der Waals surface area contributed by atoms with Crippen molar-refractivity contribution >= 4 is 29.1 Å². The number of aliphatic hydroxyl groups excluding tert-OH is 1. The second kappa shape index (κ2) is 6.59. The molecule has 4 rings (SSSR count). The SMILES string of the molecule is O=C1CN([C@H]2CNC(O)C2)C[C@@H]2C[C@H](c3c(O)ccc(Cl)c3Cl)CN12. The second-order valence-electron chi connectivity index (χ2n) is 7.17. The Hall–Kier alpha value is -1.05. The molecule has 0 radical (unpaired) electrons. The Morgan fingerprint density at radius 2 is 1.96 bits per heavy atom. The fourth-order valence-electron chi connectivity index (χ4n) is 4.40. The lowest BCUT2D eigenvalue weighted by Gasteiger charge is -2.39. The maximum absolute atomic E-state index is 12.6. The van der Waals surface area contributed by atoms with Gasteiger partial charge in [-0.3, -0.25) is 15.0 Å². The Balaban J connectivity index is 1.53. The van der Waals surface area contributed by atoms with Crippen molar-refractivity contribution in [2.24, 2.45) is 0 Å². The molecule has 0 spiro atoms. The second-order valence-corrected chi connectivity index (χ2v) is 7.95. The van der Waals surface area contributed by atoms with Crippen molar-refractivity contribution in [3.8, 4) is 5.75 Å². The fourth-order valence-corrected chi connectivity index (χ4v) is 4.88. The first-order valence-electron chi connectivity index (χ1n) is 8.56. The number of aromatic hydroxyl groups is 1. The van der Waals surface area contributed by atoms with Gasteiger partial charge < -0.3 is 15.1 Å². The van der Waals surface area contributed by atoms with E-state index in [9.17, 15) is 15.0 Å². The van der Waals surface area contributed by atoms with Gasteiger partial charge in [-0.1, -0.05) is 23.2 Å². The molecule has 3 aliphatic heterocycles. The van der Waals surface area contributed by atoms with Crippen molar-refractivity contribution in [2.75, 3.05) is 26.2 Å². The van der Waals surface area contributed by atoms with Gasteiger partial charge in [0.05, 0.1) is 16.6 Å². The van der Waals surface area contributed by atoms with Gasteiger partial charge in [-0.15, -0.1) is 0 Å². The van der Waals surface area contributed by atoms with E-state index >= 15 is 0 Å². The van der Waals surface area contributed by atoms with E-state index in [1.807, 2.05) is 4.90 Å². The molecule has 8 heteroatoms. The van der Waals surface area contributed by atoms with Gasteiger partial charge >= 0.3 is 0 Å². The molecule has 3 aliphatic rings. The number of aliphatic hydroxyl groups is 1. The lowest BCUT2D eigenvalue weighted by atomic mass is 9.95. The Bertz CT molecular complexity index is 702. The molecule has 0 bridgehead atoms. The third-order valence-electron chi connectivity index (χ3n) is 5.64. The molecule has 1 aromatic carbocycles. The van der Waals surface area contributed by atoms with E-state index in [1.165, 1.54) is 0 Å². The Morgan fingerprint density at radius 3 is 2.68 bits per heavy atom. The van der Waals surface area contributed by atoms with Gasteiger partial charge in [-0.05, 0) is 18.6 Å². The number of halogens is 2. The predicted octanol–water partition coefficient (Wildman–Crippen LogP) is 1.38. The van der Waals surface area contributed by atoms with E-state index in [4.69, 9.17) is 23.2 Å². The number of rotatable bonds is 2. The van der Waals surface area contributed by atoms with Crippen LogP contribution in [0.4, 0.5) is 0 Å². The van der Waals surface area contributed by atoms with Crippen LogP contribution in [0.1, 0.15) is 24.3 Å². The minimum absolute atomic E-state index is 0.0209. The number of amides is 1. The largest absolute Gasteiger partial charge is 0.508 e. The summed E-state index contributed by atoms with van der Waals surface area (Å²) >= 11 is 12.4. The van der Waals surface area contributed by atoms with Gasteiger partial charge in [0.2, 0.25) is 5.91 Å². The van der Waals surface area contributed by atoms with Crippen LogP contribution in [-0.4, -0.2) is 70.4 Å². The number of benzene rings is 1. The summed E-state index contributed by atoms with van der Waals surface area (Å²) in [6.07, 6.45) is 0.903. The number of phenolic OH excluding ortho intramolecular Hbond substituents is 1. The normalized spacial score (nSPS) is 33.1. The van der Waals surface area contributed by atoms with Crippen LogP contribution < -0.4 is 5.32 Å². The van der Waals surface area contributed by atoms with E-state index in [0.29, 0.717) is 41.7 Å². The summed E-state index contributed by atoms with van der Waals surface area (Å²) in [5, 5.41) is 23.7. The molecule has 0 aromatic heterocycles. The molecule has 25 heavy (non-hydrogen) atoms. The minimum atomic E-state index is -0.489. The standard InChI is InChI=1S/C17H21Cl2N3O3/c18-12-1-2-13(23)16(17(12)19)9-3-11-7-21(8-15(25)22(11)6-9)10-4-14(24)20-5-10/h1-2,9-11,14,20,23-24H,3-8H2/t9-,10+,11-,14?/m0/s1. The molecule has 4 atom stereocenters. The highest BCUT2D eigenvalue weighted by atomic mass is 35.5. The Morgan fingerprint density at radius 1 is 1.16 bits per heavy atom. The quantitative estimate of drug-likeness (QED) is 0.716. The summed E-state index contributed by atoms with van der Waals surface area (Å²) < 4.78 is 0. The Labute approximate surface area is 156 Å². The van der Waals surface area contributed by atoms with Crippen LogP contribution >= 0.6 is 23.2 Å². The molecule has 1 aromatic rings. The number of carbonyl (C=O) groups excluding carboxylic acids is 1. The molecule has 0 saturated carbocycles. The number of hydrogen-bond donors (Lipinski definition) is 3. The Kier molecular flexibility index (Phi) is 4.58. The molecule has 136 valence electrons. The zero-order chi connectivity index (χ0) is 17.7. The maximum Gasteiger partial charge on any atom is 0.237 e. The lowest BCUT2D eigenvalue weighted by Crippen LogP contribution is -2.56. The smallest absolute Gasteiger partial charge is 0.237 e. The molecular formula is C17H21Cl2N3O3. The molecule has 0 aliphatic carbocycles. The molecule has 1 amide bonds. The van der Waals surface area contributed by atoms with Crippen LogP contribution in [0.25, 0.3) is 0 Å². The van der Waals surface area contributed by atoms with Gasteiger partial charge in [0, 0.05) is 49.6 Å². The van der Waals surface area contributed by atoms with Crippen molar-refractivity contribution in [1.82, 2.24) is 15.1 Å². The third-order valence-corrected chi connectivity index (χ3v) is 6.46. The van der Waals surface area contributed by atoms with Crippen LogP contribution in [0.2, 0.25) is 10.0 Å². The van der Waals surface area contributed by atoms with Gasteiger partial charge in [0.1, 0.15) is 12.0 Å². The van der Waals surface area contributed by atoms with Gasteiger partial charge in [-0.25, -0.2) is 0 Å². The first kappa shape index (κ1) is 17.4. The number of nitrogens with zero attached hydrogens (tertiary/aromatic N) is 2. The van der Waals surface area contributed by atoms with Crippen LogP contribution in [0, 0.1) is 0 Å². The highest BCUT2D eigenvalue weighted by molar-refractivity contribution is 6.42. The first-order valence-corrected chi connectivity index (χ1v) is 9.31. The predicted molar refractivity (Wildman–Crippen MR) is 95.0 cm³/mol. The van der Waals surface area contributed by atoms with Crippen LogP contribution in [0.3, 0.4) is 0 Å². The van der Waals surface area contributed by atoms with E-state index < -0.39 is 6.23 Å². The third kappa shape index (κ3) is 3.11. The van der Waals surface area contributed by atoms with E-state index in [2.05, 4.69) is 10.2 Å². The van der Waals surface area contributed by atoms with Gasteiger partial charge in [-0.2, -0.15) is 0 Å². The molecule has 3 N–H and O–H groups in total. The number of hydrogen-bond acceptors (Lipinski definition) is 5. The summed E-state index contributed by atoms with van der Waals surface area (Å²) in [4.78, 5) is 16.7. The van der Waals surface area contributed by atoms with Crippen molar-refractivity contribution in [2.45, 2.75) is 37.1 Å². The molecule has 3 fully saturated rings. The van der Waals surface area contributed by atoms with Crippen molar-refractivity contribution in [1.29, 1.82) is 0 Å². The zero-order valence-electron chi connectivity index (χ0n) is 13.7. The summed E-state index contributed by atoms with van der Waals surface area (Å²) in [7, 11) is 0. The average Bonchev–Trinajstić information content (AvgIpc) is 3.18. The lowest BCUT2D eigenvalue weighted by molar-refractivity contribution is -0.138. The van der Waals surface area contributed by atoms with E-state index in [1.54, 1.807) is 12.1 Å². The van der Waals surface area contributed by atoms with Crippen molar-refractivity contribution in [3.05, 3.63) is 27.7 Å². The number of phenols is 1. The molecular weight excluding hydrogens is 365 g/mol. The van der Waals surface area contributed by atoms with Gasteiger partial charge in [0.25, 0.3) is 0 Å². The number of piperazine rings is 1. The molecule has 3 heterocycles. The molecule has 1 unspecified atom stereocenters. The monoisotopic (exact) mass is 385 g/mol. The molecule has 6 nitrogen and oxygen atoms in total. The summed E-state index contributed by atoms with van der Waals surface area (Å²) in [6, 6.07) is 3.42. The summed E-state index contributed by atoms with van der Waals surface area (Å²) in [5.41, 5.74) is 0.640. The fraction of sp³-hybridized carbons (Fsp3) is 0.588. The van der Waals surface area contributed by atoms with Crippen molar-refractivity contribution in [3.63, 3.8) is 0 Å². The number of fused-ring (bicyclic) bond motifs is 1. The summed E-state index contributed by atoms with van der Waals surface area (Å²) in [5.74, 6) is 0.205. The highest BCUT2D eigenvalue weighted by Crippen LogP contribution is 2.43.